The van der Waals surface area contributed by atoms with E-state index in [1.807, 2.05) is 20.8 Å². The maximum Gasteiger partial charge on any atom is 0.328 e. The molecule has 2 amide bonds. The Kier molecular flexibility index (Phi) is 8.59. The van der Waals surface area contributed by atoms with Gasteiger partial charge in [0.2, 0.25) is 11.8 Å². The van der Waals surface area contributed by atoms with Crippen molar-refractivity contribution in [3.05, 3.63) is 0 Å². The fourth-order valence-corrected chi connectivity index (χ4v) is 1.55. The van der Waals surface area contributed by atoms with Crippen molar-refractivity contribution in [2.75, 3.05) is 6.61 Å². The molecule has 0 spiro atoms. The van der Waals surface area contributed by atoms with E-state index in [9.17, 15) is 14.4 Å². The molecule has 0 aliphatic heterocycles. The van der Waals surface area contributed by atoms with Crippen LogP contribution in [0.3, 0.4) is 0 Å². The first-order chi connectivity index (χ1) is 9.29. The molecule has 116 valence electrons. The third-order valence-corrected chi connectivity index (χ3v) is 2.77. The summed E-state index contributed by atoms with van der Waals surface area (Å²) in [4.78, 5) is 34.7. The summed E-state index contributed by atoms with van der Waals surface area (Å²) in [6.07, 6.45) is 1.73. The molecular formula is C14H26N2O4. The van der Waals surface area contributed by atoms with Crippen molar-refractivity contribution in [1.29, 1.82) is 0 Å². The maximum atomic E-state index is 11.9. The number of rotatable bonds is 8. The van der Waals surface area contributed by atoms with Crippen molar-refractivity contribution in [2.45, 2.75) is 59.5 Å². The maximum absolute atomic E-state index is 11.9. The van der Waals surface area contributed by atoms with Crippen molar-refractivity contribution >= 4 is 17.8 Å². The highest BCUT2D eigenvalue weighted by atomic mass is 16.5. The van der Waals surface area contributed by atoms with Gasteiger partial charge in [0.05, 0.1) is 6.61 Å². The van der Waals surface area contributed by atoms with Crippen molar-refractivity contribution < 1.29 is 19.1 Å². The van der Waals surface area contributed by atoms with Crippen LogP contribution in [-0.2, 0) is 19.1 Å². The summed E-state index contributed by atoms with van der Waals surface area (Å²) < 4.78 is 5.13. The van der Waals surface area contributed by atoms with Crippen LogP contribution in [0, 0.1) is 5.92 Å². The molecule has 6 nitrogen and oxygen atoms in total. The second-order valence-corrected chi connectivity index (χ2v) is 5.17. The van der Waals surface area contributed by atoms with Crippen molar-refractivity contribution in [3.8, 4) is 0 Å². The van der Waals surface area contributed by atoms with Crippen LogP contribution < -0.4 is 10.6 Å². The highest BCUT2D eigenvalue weighted by molar-refractivity contribution is 5.90. The van der Waals surface area contributed by atoms with Gasteiger partial charge in [0.15, 0.2) is 0 Å². The summed E-state index contributed by atoms with van der Waals surface area (Å²) in [6, 6.07) is -1.38. The lowest BCUT2D eigenvalue weighted by Gasteiger charge is -2.23. The molecule has 0 fully saturated rings. The number of unbranched alkanes of at least 4 members (excludes halogenated alkanes) is 1. The molecule has 20 heavy (non-hydrogen) atoms. The number of esters is 1. The zero-order valence-corrected chi connectivity index (χ0v) is 13.0. The molecule has 0 aliphatic carbocycles. The molecule has 0 aromatic heterocycles. The first-order valence-corrected chi connectivity index (χ1v) is 7.03. The monoisotopic (exact) mass is 286 g/mol. The molecule has 0 radical (unpaired) electrons. The van der Waals surface area contributed by atoms with Crippen LogP contribution in [-0.4, -0.2) is 36.5 Å². The number of hydrogen-bond acceptors (Lipinski definition) is 4. The number of hydrogen-bond donors (Lipinski definition) is 2. The topological polar surface area (TPSA) is 84.5 Å². The molecular weight excluding hydrogens is 260 g/mol. The summed E-state index contributed by atoms with van der Waals surface area (Å²) in [6.45, 7) is 8.92. The Morgan fingerprint density at radius 1 is 1.10 bits per heavy atom. The second kappa shape index (κ2) is 9.34. The SMILES string of the molecule is CCCCOC(=O)[C@@H](NC(=O)[C@H](C)NC(C)=O)C(C)C. The van der Waals surface area contributed by atoms with Crippen LogP contribution in [0.15, 0.2) is 0 Å². The summed E-state index contributed by atoms with van der Waals surface area (Å²) in [7, 11) is 0. The minimum atomic E-state index is -0.699. The van der Waals surface area contributed by atoms with Crippen LogP contribution in [0.25, 0.3) is 0 Å². The van der Waals surface area contributed by atoms with Gasteiger partial charge in [-0.1, -0.05) is 27.2 Å². The molecule has 0 bridgehead atoms. The van der Waals surface area contributed by atoms with E-state index in [0.717, 1.165) is 12.8 Å². The summed E-state index contributed by atoms with van der Waals surface area (Å²) in [5.74, 6) is -1.21. The largest absolute Gasteiger partial charge is 0.464 e. The van der Waals surface area contributed by atoms with Gasteiger partial charge in [0.25, 0.3) is 0 Å². The van der Waals surface area contributed by atoms with E-state index < -0.39 is 24.0 Å². The lowest BCUT2D eigenvalue weighted by Crippen LogP contribution is -2.52. The number of carbonyl (C=O) groups excluding carboxylic acids is 3. The van der Waals surface area contributed by atoms with Crippen LogP contribution in [0.1, 0.15) is 47.5 Å². The third kappa shape index (κ3) is 7.11. The van der Waals surface area contributed by atoms with Crippen molar-refractivity contribution in [1.82, 2.24) is 10.6 Å². The molecule has 2 atom stereocenters. The van der Waals surface area contributed by atoms with Gasteiger partial charge in [-0.2, -0.15) is 0 Å². The highest BCUT2D eigenvalue weighted by Crippen LogP contribution is 2.05. The summed E-state index contributed by atoms with van der Waals surface area (Å²) in [5, 5.41) is 5.10. The van der Waals surface area contributed by atoms with Crippen LogP contribution >= 0.6 is 0 Å². The number of carbonyl (C=O) groups is 3. The Labute approximate surface area is 120 Å². The van der Waals surface area contributed by atoms with Gasteiger partial charge in [-0.25, -0.2) is 4.79 Å². The fraction of sp³-hybridized carbons (Fsp3) is 0.786. The van der Waals surface area contributed by atoms with E-state index in [1.165, 1.54) is 6.92 Å². The quantitative estimate of drug-likeness (QED) is 0.515. The Morgan fingerprint density at radius 2 is 1.70 bits per heavy atom. The Hall–Kier alpha value is -1.59. The molecule has 0 aliphatic rings. The van der Waals surface area contributed by atoms with Crippen molar-refractivity contribution in [2.24, 2.45) is 5.92 Å². The molecule has 0 heterocycles. The Morgan fingerprint density at radius 3 is 2.15 bits per heavy atom. The second-order valence-electron chi connectivity index (χ2n) is 5.17. The molecule has 0 unspecified atom stereocenters. The zero-order valence-electron chi connectivity index (χ0n) is 13.0. The van der Waals surface area contributed by atoms with Gasteiger partial charge in [-0.15, -0.1) is 0 Å². The normalized spacial score (nSPS) is 13.5. The third-order valence-electron chi connectivity index (χ3n) is 2.77. The van der Waals surface area contributed by atoms with E-state index in [2.05, 4.69) is 10.6 Å². The van der Waals surface area contributed by atoms with Gasteiger partial charge < -0.3 is 15.4 Å². The lowest BCUT2D eigenvalue weighted by molar-refractivity contribution is -0.149. The average Bonchev–Trinajstić information content (AvgIpc) is 2.34. The molecule has 0 saturated carbocycles. The van der Waals surface area contributed by atoms with E-state index in [-0.39, 0.29) is 11.8 Å². The average molecular weight is 286 g/mol. The molecule has 0 saturated heterocycles. The summed E-state index contributed by atoms with van der Waals surface area (Å²) >= 11 is 0. The van der Waals surface area contributed by atoms with E-state index in [4.69, 9.17) is 4.74 Å². The highest BCUT2D eigenvalue weighted by Gasteiger charge is 2.27. The molecule has 2 N–H and O–H groups in total. The molecule has 0 aromatic carbocycles. The summed E-state index contributed by atoms with van der Waals surface area (Å²) in [5.41, 5.74) is 0. The van der Waals surface area contributed by atoms with Gasteiger partial charge in [0.1, 0.15) is 12.1 Å². The molecule has 0 rings (SSSR count). The van der Waals surface area contributed by atoms with E-state index in [0.29, 0.717) is 6.61 Å². The minimum Gasteiger partial charge on any atom is -0.464 e. The fourth-order valence-electron chi connectivity index (χ4n) is 1.55. The van der Waals surface area contributed by atoms with Crippen LogP contribution in [0.2, 0.25) is 0 Å². The van der Waals surface area contributed by atoms with Crippen LogP contribution in [0.4, 0.5) is 0 Å². The van der Waals surface area contributed by atoms with Gasteiger partial charge >= 0.3 is 5.97 Å². The van der Waals surface area contributed by atoms with E-state index in [1.54, 1.807) is 6.92 Å². The van der Waals surface area contributed by atoms with E-state index >= 15 is 0 Å². The van der Waals surface area contributed by atoms with Gasteiger partial charge in [-0.3, -0.25) is 9.59 Å². The first kappa shape index (κ1) is 18.4. The Balaban J connectivity index is 4.49. The van der Waals surface area contributed by atoms with Gasteiger partial charge in [-0.05, 0) is 19.3 Å². The number of nitrogens with one attached hydrogen (secondary N) is 2. The molecule has 6 heteroatoms. The number of amides is 2. The van der Waals surface area contributed by atoms with Crippen molar-refractivity contribution in [3.63, 3.8) is 0 Å². The standard InChI is InChI=1S/C14H26N2O4/c1-6-7-8-20-14(19)12(9(2)3)16-13(18)10(4)15-11(5)17/h9-10,12H,6-8H2,1-5H3,(H,15,17)(H,16,18)/t10-,12-/m0/s1. The predicted molar refractivity (Wildman–Crippen MR) is 75.9 cm³/mol. The minimum absolute atomic E-state index is 0.0856. The smallest absolute Gasteiger partial charge is 0.328 e. The van der Waals surface area contributed by atoms with Crippen LogP contribution in [0.5, 0.6) is 0 Å². The molecule has 0 aromatic rings. The first-order valence-electron chi connectivity index (χ1n) is 7.03. The lowest BCUT2D eigenvalue weighted by atomic mass is 10.0. The Bertz CT molecular complexity index is 342. The van der Waals surface area contributed by atoms with Gasteiger partial charge in [0, 0.05) is 6.92 Å². The zero-order chi connectivity index (χ0) is 15.7. The number of ether oxygens (including phenoxy) is 1. The predicted octanol–water partition coefficient (Wildman–Crippen LogP) is 0.995.